The van der Waals surface area contributed by atoms with Gasteiger partial charge in [0.05, 0.1) is 40.8 Å². The monoisotopic (exact) mass is 1150 g/mol. The molecular formula is C61H82F3N11O6S. The Balaban J connectivity index is 0.831. The minimum Gasteiger partial charge on any atom is -0.464 e. The maximum Gasteiger partial charge on any atom is 0.406 e. The summed E-state index contributed by atoms with van der Waals surface area (Å²) in [6, 6.07) is 3.96. The second kappa shape index (κ2) is 22.3. The van der Waals surface area contributed by atoms with Crippen LogP contribution in [0.1, 0.15) is 121 Å². The number of amides is 3. The molecule has 82 heavy (non-hydrogen) atoms. The number of carbonyl (C=O) groups excluding carboxylic acids is 4. The zero-order chi connectivity index (χ0) is 56.8. The minimum atomic E-state index is -4.58. The molecule has 17 nitrogen and oxygen atoms in total. The van der Waals surface area contributed by atoms with Crippen molar-refractivity contribution < 1.29 is 41.8 Å². The fourth-order valence-corrected chi connectivity index (χ4v) is 16.1. The molecule has 444 valence electrons. The van der Waals surface area contributed by atoms with Crippen LogP contribution in [0.4, 0.5) is 13.2 Å². The number of hydrazine groups is 1. The number of nitrogens with zero attached hydrogens (tertiary/aromatic N) is 8. The zero-order valence-corrected chi connectivity index (χ0v) is 48.9. The van der Waals surface area contributed by atoms with Gasteiger partial charge in [0, 0.05) is 128 Å². The predicted octanol–water partition coefficient (Wildman–Crippen LogP) is 6.58. The Morgan fingerprint density at radius 3 is 2.45 bits per heavy atom. The molecule has 1 spiro atoms. The van der Waals surface area contributed by atoms with Gasteiger partial charge in [-0.3, -0.25) is 49.2 Å². The number of likely N-dealkylation sites (tertiary alicyclic amines) is 2. The zero-order valence-electron chi connectivity index (χ0n) is 48.1. The van der Waals surface area contributed by atoms with Crippen LogP contribution < -0.4 is 16.1 Å². The molecule has 8 atom stereocenters. The summed E-state index contributed by atoms with van der Waals surface area (Å²) in [6.45, 7) is 11.3. The average Bonchev–Trinajstić information content (AvgIpc) is 4.62. The van der Waals surface area contributed by atoms with E-state index in [-0.39, 0.29) is 60.6 Å². The summed E-state index contributed by atoms with van der Waals surface area (Å²) in [5.41, 5.74) is 6.53. The predicted molar refractivity (Wildman–Crippen MR) is 307 cm³/mol. The number of hydrogen-bond donors (Lipinski definition) is 3. The summed E-state index contributed by atoms with van der Waals surface area (Å²) in [5, 5.41) is 11.4. The Bertz CT molecular complexity index is 3010. The molecule has 0 radical (unpaired) electrons. The minimum absolute atomic E-state index is 0.0448. The van der Waals surface area contributed by atoms with Crippen molar-refractivity contribution in [2.75, 3.05) is 72.6 Å². The van der Waals surface area contributed by atoms with E-state index >= 15 is 22.8 Å². The molecule has 10 aliphatic rings. The number of aromatic nitrogens is 2. The Kier molecular flexibility index (Phi) is 15.3. The summed E-state index contributed by atoms with van der Waals surface area (Å²) in [7, 11) is 1.60. The number of piperazine rings is 1. The number of methoxy groups -OCH3 is 1. The number of cyclic esters (lactones) is 1. The van der Waals surface area contributed by atoms with E-state index in [1.807, 2.05) is 44.5 Å². The third kappa shape index (κ3) is 11.6. The summed E-state index contributed by atoms with van der Waals surface area (Å²) in [6.07, 6.45) is 9.12. The highest BCUT2D eigenvalue weighted by molar-refractivity contribution is 7.10. The Morgan fingerprint density at radius 2 is 1.71 bits per heavy atom. The normalized spacial score (nSPS) is 30.6. The van der Waals surface area contributed by atoms with Gasteiger partial charge in [-0.1, -0.05) is 32.8 Å². The molecule has 8 fully saturated rings. The lowest BCUT2D eigenvalue weighted by Crippen LogP contribution is -2.62. The van der Waals surface area contributed by atoms with Crippen molar-refractivity contribution in [2.24, 2.45) is 27.7 Å². The van der Waals surface area contributed by atoms with Crippen LogP contribution in [-0.2, 0) is 48.0 Å². The number of ether oxygens (including phenoxy) is 2. The molecule has 3 amide bonds. The number of carbonyl (C=O) groups is 4. The number of fused-ring (bicyclic) bond motifs is 6. The number of benzene rings is 1. The van der Waals surface area contributed by atoms with E-state index in [0.29, 0.717) is 107 Å². The van der Waals surface area contributed by atoms with Gasteiger partial charge in [0.2, 0.25) is 11.8 Å². The van der Waals surface area contributed by atoms with Crippen LogP contribution in [0.5, 0.6) is 0 Å². The van der Waals surface area contributed by atoms with Crippen molar-refractivity contribution in [3.05, 3.63) is 45.5 Å². The van der Waals surface area contributed by atoms with Crippen LogP contribution in [0.3, 0.4) is 0 Å². The largest absolute Gasteiger partial charge is 0.464 e. The standard InChI is InChI=1S/C61H82F3N11O6S/c1-36(80-4)50-43(27-41(30-65-50)71-24-22-70(23-25-71)40-14-15-40)54-44-29-59(2,3)35-81-58(79)45-10-7-19-75(69-45)56(77)46(28-49-66-47(31-82-49)39-13-16-48(42(44)26-39)74(54)34-61(62,63)64)67-55(76)53(38-8-5-6-9-38)72-20-17-60(32-72)18-21-73(33-60)57(78)52-51(68-52)37-11-12-37/h13,16,26,30-31,36-38,40-41,45-46,51-53,68-69H,5-12,14-15,17-25,27-29,32-35H2,1-4H3,(H,67,76)/t36-,41+,45-,46-,51+,52+,53-,60-/m0/s1. The second-order valence-electron chi connectivity index (χ2n) is 26.7. The van der Waals surface area contributed by atoms with Gasteiger partial charge in [0.15, 0.2) is 0 Å². The molecule has 2 aromatic heterocycles. The molecule has 1 aromatic carbocycles. The maximum absolute atomic E-state index is 15.2. The molecule has 3 aromatic rings. The Morgan fingerprint density at radius 1 is 0.939 bits per heavy atom. The van der Waals surface area contributed by atoms with Gasteiger partial charge in [0.25, 0.3) is 5.91 Å². The summed E-state index contributed by atoms with van der Waals surface area (Å²) >= 11 is 1.37. The molecular weight excluding hydrogens is 1070 g/mol. The van der Waals surface area contributed by atoms with E-state index in [1.165, 1.54) is 46.6 Å². The number of esters is 1. The van der Waals surface area contributed by atoms with E-state index in [0.717, 1.165) is 77.8 Å². The Labute approximate surface area is 483 Å². The van der Waals surface area contributed by atoms with E-state index < -0.39 is 48.3 Å². The van der Waals surface area contributed by atoms with Crippen LogP contribution in [-0.4, -0.2) is 191 Å². The molecule has 3 aliphatic carbocycles. The molecule has 9 heterocycles. The number of halogens is 3. The summed E-state index contributed by atoms with van der Waals surface area (Å²) in [5.74, 6) is -0.137. The SMILES string of the molecule is CO[C@@H](C)C1=C(c2c3c4cc(ccc4n2CC(F)(F)F)-c2csc(n2)C[C@H](NC(=O)[C@H](C2CCCC2)N2CC[C@]4(CCN(C(=O)[C@@H]5N[C@@H]5C5CC5)C4)C2)C(=O)N2CCC[C@H](N2)C(=O)OCC(C)(C)C3)C[C@@H](N2CCN(C3CC3)CC2)C=N1. The number of hydrogen-bond acceptors (Lipinski definition) is 14. The van der Waals surface area contributed by atoms with Crippen molar-refractivity contribution in [1.29, 1.82) is 0 Å². The van der Waals surface area contributed by atoms with Crippen LogP contribution >= 0.6 is 11.3 Å². The Hall–Kier alpha value is -4.77. The summed E-state index contributed by atoms with van der Waals surface area (Å²) in [4.78, 5) is 77.8. The molecule has 7 aliphatic heterocycles. The fourth-order valence-electron chi connectivity index (χ4n) is 15.3. The molecule has 6 bridgehead atoms. The number of alkyl halides is 3. The number of aliphatic imine (C=N–C) groups is 1. The summed E-state index contributed by atoms with van der Waals surface area (Å²) < 4.78 is 59.2. The first kappa shape index (κ1) is 56.4. The van der Waals surface area contributed by atoms with Gasteiger partial charge in [-0.25, -0.2) is 10.4 Å². The van der Waals surface area contributed by atoms with Crippen molar-refractivity contribution in [3.8, 4) is 11.3 Å². The van der Waals surface area contributed by atoms with Gasteiger partial charge in [-0.2, -0.15) is 13.2 Å². The average molecular weight is 1150 g/mol. The first-order chi connectivity index (χ1) is 39.4. The van der Waals surface area contributed by atoms with Crippen molar-refractivity contribution in [1.82, 2.24) is 50.2 Å². The van der Waals surface area contributed by atoms with Gasteiger partial charge in [-0.05, 0) is 120 Å². The molecule has 0 unspecified atom stereocenters. The third-order valence-electron chi connectivity index (χ3n) is 20.1. The van der Waals surface area contributed by atoms with Crippen LogP contribution in [0.15, 0.2) is 34.3 Å². The van der Waals surface area contributed by atoms with Crippen LogP contribution in [0.25, 0.3) is 27.7 Å². The highest BCUT2D eigenvalue weighted by Gasteiger charge is 2.55. The van der Waals surface area contributed by atoms with Crippen LogP contribution in [0.2, 0.25) is 0 Å². The quantitative estimate of drug-likeness (QED) is 0.131. The first-order valence-electron chi connectivity index (χ1n) is 30.7. The number of rotatable bonds is 12. The van der Waals surface area contributed by atoms with E-state index in [9.17, 15) is 9.59 Å². The van der Waals surface area contributed by atoms with Crippen molar-refractivity contribution in [2.45, 2.75) is 178 Å². The molecule has 3 N–H and O–H groups in total. The van der Waals surface area contributed by atoms with E-state index in [1.54, 1.807) is 13.2 Å². The lowest BCUT2D eigenvalue weighted by Gasteiger charge is -2.40. The maximum atomic E-state index is 15.2. The highest BCUT2D eigenvalue weighted by atomic mass is 32.1. The van der Waals surface area contributed by atoms with E-state index in [4.69, 9.17) is 19.5 Å². The first-order valence-corrected chi connectivity index (χ1v) is 31.6. The van der Waals surface area contributed by atoms with E-state index in [2.05, 4.69) is 35.7 Å². The smallest absolute Gasteiger partial charge is 0.406 e. The lowest BCUT2D eigenvalue weighted by molar-refractivity contribution is -0.155. The molecule has 5 saturated heterocycles. The third-order valence-corrected chi connectivity index (χ3v) is 21.0. The number of nitrogens with one attached hydrogen (secondary N) is 3. The fraction of sp³-hybridized carbons (Fsp3) is 0.705. The van der Waals surface area contributed by atoms with Crippen LogP contribution in [0, 0.1) is 22.7 Å². The topological polar surface area (TPSA) is 179 Å². The van der Waals surface area contributed by atoms with Gasteiger partial charge in [0.1, 0.15) is 24.7 Å². The van der Waals surface area contributed by atoms with Gasteiger partial charge < -0.3 is 24.3 Å². The number of thiazole rings is 1. The van der Waals surface area contributed by atoms with Gasteiger partial charge >= 0.3 is 12.1 Å². The molecule has 3 saturated carbocycles. The molecule has 21 heteroatoms. The molecule has 13 rings (SSSR count). The van der Waals surface area contributed by atoms with Crippen molar-refractivity contribution >= 4 is 57.7 Å². The van der Waals surface area contributed by atoms with Gasteiger partial charge in [-0.15, -0.1) is 11.3 Å². The van der Waals surface area contributed by atoms with Crippen molar-refractivity contribution in [3.63, 3.8) is 0 Å². The highest BCUT2D eigenvalue weighted by Crippen LogP contribution is 2.47. The second-order valence-corrected chi connectivity index (χ2v) is 27.7. The lowest BCUT2D eigenvalue weighted by atomic mass is 9.83.